The zero-order valence-electron chi connectivity index (χ0n) is 12.8. The van der Waals surface area contributed by atoms with E-state index in [2.05, 4.69) is 10.6 Å². The normalized spacial score (nSPS) is 17.8. The van der Waals surface area contributed by atoms with E-state index in [-0.39, 0.29) is 24.2 Å². The van der Waals surface area contributed by atoms with E-state index in [9.17, 15) is 14.4 Å². The van der Waals surface area contributed by atoms with Gasteiger partial charge in [0.05, 0.1) is 10.9 Å². The number of carbonyl (C=O) groups is 3. The predicted octanol–water partition coefficient (Wildman–Crippen LogP) is 1.34. The minimum atomic E-state index is -1.12. The van der Waals surface area contributed by atoms with Crippen molar-refractivity contribution in [2.24, 2.45) is 0 Å². The molecule has 1 heterocycles. The summed E-state index contributed by atoms with van der Waals surface area (Å²) in [6.07, 6.45) is 0.173. The molecule has 2 rings (SSSR count). The summed E-state index contributed by atoms with van der Waals surface area (Å²) < 4.78 is 4.84. The first-order valence-electron chi connectivity index (χ1n) is 7.06. The number of hydrogen-bond acceptors (Lipinski definition) is 5. The quantitative estimate of drug-likeness (QED) is 0.723. The maximum absolute atomic E-state index is 12.2. The number of ether oxygens (including phenoxy) is 1. The Balaban J connectivity index is 2.12. The van der Waals surface area contributed by atoms with Crippen LogP contribution in [0, 0.1) is 0 Å². The minimum Gasteiger partial charge on any atom is -0.480 e. The van der Waals surface area contributed by atoms with Crippen LogP contribution >= 0.6 is 11.8 Å². The van der Waals surface area contributed by atoms with Gasteiger partial charge < -0.3 is 20.5 Å². The highest BCUT2D eigenvalue weighted by Gasteiger charge is 2.25. The number of nitrogens with one attached hydrogen (secondary N) is 2. The Morgan fingerprint density at radius 3 is 2.87 bits per heavy atom. The van der Waals surface area contributed by atoms with Gasteiger partial charge in [0.25, 0.3) is 5.91 Å². The van der Waals surface area contributed by atoms with Crippen molar-refractivity contribution in [1.82, 2.24) is 5.32 Å². The maximum Gasteiger partial charge on any atom is 0.326 e. The van der Waals surface area contributed by atoms with Crippen LogP contribution in [0.25, 0.3) is 0 Å². The number of benzene rings is 1. The van der Waals surface area contributed by atoms with Crippen LogP contribution in [0.5, 0.6) is 0 Å². The monoisotopic (exact) mass is 338 g/mol. The summed E-state index contributed by atoms with van der Waals surface area (Å²) in [7, 11) is 1.46. The summed E-state index contributed by atoms with van der Waals surface area (Å²) in [6.45, 7) is 2.03. The molecule has 124 valence electrons. The van der Waals surface area contributed by atoms with Crippen LogP contribution in [0.2, 0.25) is 0 Å². The van der Waals surface area contributed by atoms with E-state index in [1.54, 1.807) is 25.1 Å². The molecule has 0 aromatic heterocycles. The summed E-state index contributed by atoms with van der Waals surface area (Å²) in [5, 5.41) is 14.1. The number of carboxylic acids is 1. The summed E-state index contributed by atoms with van der Waals surface area (Å²) >= 11 is 1.42. The van der Waals surface area contributed by atoms with E-state index < -0.39 is 17.9 Å². The highest BCUT2D eigenvalue weighted by molar-refractivity contribution is 8.00. The lowest BCUT2D eigenvalue weighted by Gasteiger charge is -2.22. The van der Waals surface area contributed by atoms with Gasteiger partial charge in [-0.3, -0.25) is 9.59 Å². The largest absolute Gasteiger partial charge is 0.480 e. The van der Waals surface area contributed by atoms with Crippen molar-refractivity contribution >= 4 is 35.2 Å². The molecule has 0 bridgehead atoms. The van der Waals surface area contributed by atoms with Gasteiger partial charge >= 0.3 is 5.97 Å². The van der Waals surface area contributed by atoms with Crippen LogP contribution in [0.3, 0.4) is 0 Å². The van der Waals surface area contributed by atoms with E-state index in [0.717, 1.165) is 4.90 Å². The van der Waals surface area contributed by atoms with E-state index in [0.29, 0.717) is 11.3 Å². The highest BCUT2D eigenvalue weighted by Crippen LogP contribution is 2.35. The minimum absolute atomic E-state index is 0.122. The first-order chi connectivity index (χ1) is 10.9. The Hall–Kier alpha value is -2.06. The second-order valence-corrected chi connectivity index (χ2v) is 6.49. The number of thioether (sulfide) groups is 1. The fourth-order valence-corrected chi connectivity index (χ4v) is 3.02. The van der Waals surface area contributed by atoms with Crippen LogP contribution < -0.4 is 10.6 Å². The Labute approximate surface area is 137 Å². The average molecular weight is 338 g/mol. The number of fused-ring (bicyclic) bond motifs is 1. The topological polar surface area (TPSA) is 105 Å². The molecule has 0 aliphatic carbocycles. The summed E-state index contributed by atoms with van der Waals surface area (Å²) in [4.78, 5) is 35.9. The van der Waals surface area contributed by atoms with Crippen LogP contribution in [0.4, 0.5) is 5.69 Å². The molecule has 7 nitrogen and oxygen atoms in total. The van der Waals surface area contributed by atoms with Crippen LogP contribution in [-0.2, 0) is 14.3 Å². The van der Waals surface area contributed by atoms with Crippen LogP contribution in [-0.4, -0.2) is 47.9 Å². The number of rotatable bonds is 6. The van der Waals surface area contributed by atoms with Crippen LogP contribution in [0.1, 0.15) is 23.7 Å². The van der Waals surface area contributed by atoms with Crippen LogP contribution in [0.15, 0.2) is 23.1 Å². The van der Waals surface area contributed by atoms with Crippen molar-refractivity contribution in [3.05, 3.63) is 23.8 Å². The molecular weight excluding hydrogens is 320 g/mol. The lowest BCUT2D eigenvalue weighted by atomic mass is 10.1. The van der Waals surface area contributed by atoms with Gasteiger partial charge in [0, 0.05) is 30.6 Å². The Bertz CT molecular complexity index is 634. The van der Waals surface area contributed by atoms with Crippen molar-refractivity contribution in [3.8, 4) is 0 Å². The van der Waals surface area contributed by atoms with E-state index >= 15 is 0 Å². The zero-order chi connectivity index (χ0) is 17.0. The first kappa shape index (κ1) is 17.3. The van der Waals surface area contributed by atoms with Gasteiger partial charge in [0.15, 0.2) is 0 Å². The number of anilines is 1. The molecule has 0 saturated heterocycles. The van der Waals surface area contributed by atoms with Crippen molar-refractivity contribution in [3.63, 3.8) is 0 Å². The molecule has 0 radical (unpaired) electrons. The second kappa shape index (κ2) is 7.47. The number of methoxy groups -OCH3 is 1. The van der Waals surface area contributed by atoms with Gasteiger partial charge in [-0.1, -0.05) is 0 Å². The molecular formula is C15H18N2O5S. The van der Waals surface area contributed by atoms with Crippen molar-refractivity contribution < 1.29 is 24.2 Å². The van der Waals surface area contributed by atoms with Gasteiger partial charge in [0.1, 0.15) is 6.04 Å². The third-order valence-electron chi connectivity index (χ3n) is 3.39. The molecule has 2 unspecified atom stereocenters. The molecule has 2 atom stereocenters. The number of amides is 2. The molecule has 0 saturated carbocycles. The van der Waals surface area contributed by atoms with E-state index in [4.69, 9.17) is 9.84 Å². The molecule has 8 heteroatoms. The fraction of sp³-hybridized carbons (Fsp3) is 0.400. The standard InChI is InChI=1S/C15H18N2O5S/c1-8-13(18)17-11-7-9(3-4-12(11)23-8)14(19)16-10(15(20)21)5-6-22-2/h3-4,7-8,10H,5-6H2,1-2H3,(H,16,19)(H,17,18)(H,20,21). The maximum atomic E-state index is 12.2. The molecule has 2 amide bonds. The molecule has 0 fully saturated rings. The van der Waals surface area contributed by atoms with Crippen molar-refractivity contribution in [2.45, 2.75) is 29.5 Å². The zero-order valence-corrected chi connectivity index (χ0v) is 13.6. The molecule has 23 heavy (non-hydrogen) atoms. The van der Waals surface area contributed by atoms with Gasteiger partial charge in [-0.2, -0.15) is 0 Å². The molecule has 0 spiro atoms. The summed E-state index contributed by atoms with van der Waals surface area (Å²) in [6, 6.07) is 3.88. The first-order valence-corrected chi connectivity index (χ1v) is 7.94. The molecule has 3 N–H and O–H groups in total. The Morgan fingerprint density at radius 2 is 2.22 bits per heavy atom. The Kier molecular flexibility index (Phi) is 5.62. The van der Waals surface area contributed by atoms with Crippen molar-refractivity contribution in [2.75, 3.05) is 19.0 Å². The molecule has 1 aromatic rings. The lowest BCUT2D eigenvalue weighted by Crippen LogP contribution is -2.41. The van der Waals surface area contributed by atoms with Gasteiger partial charge in [-0.15, -0.1) is 11.8 Å². The number of hydrogen-bond donors (Lipinski definition) is 3. The molecule has 1 aliphatic heterocycles. The number of carbonyl (C=O) groups excluding carboxylic acids is 2. The fourth-order valence-electron chi connectivity index (χ4n) is 2.08. The second-order valence-electron chi connectivity index (χ2n) is 5.11. The van der Waals surface area contributed by atoms with Gasteiger partial charge in [0.2, 0.25) is 5.91 Å². The van der Waals surface area contributed by atoms with Crippen molar-refractivity contribution in [1.29, 1.82) is 0 Å². The highest BCUT2D eigenvalue weighted by atomic mass is 32.2. The van der Waals surface area contributed by atoms with E-state index in [1.165, 1.54) is 18.9 Å². The number of carboxylic acid groups (broad SMARTS) is 1. The summed E-state index contributed by atoms with van der Waals surface area (Å²) in [5.74, 6) is -1.75. The lowest BCUT2D eigenvalue weighted by molar-refractivity contribution is -0.139. The van der Waals surface area contributed by atoms with E-state index in [1.807, 2.05) is 0 Å². The van der Waals surface area contributed by atoms with Gasteiger partial charge in [-0.25, -0.2) is 4.79 Å². The molecule has 1 aromatic carbocycles. The SMILES string of the molecule is COCCC(NC(=O)c1ccc2c(c1)NC(=O)C(C)S2)C(=O)O. The third-order valence-corrected chi connectivity index (χ3v) is 4.56. The molecule has 1 aliphatic rings. The smallest absolute Gasteiger partial charge is 0.326 e. The third kappa shape index (κ3) is 4.23. The summed E-state index contributed by atoms with van der Waals surface area (Å²) in [5.41, 5.74) is 0.859. The van der Waals surface area contributed by atoms with Gasteiger partial charge in [-0.05, 0) is 25.1 Å². The Morgan fingerprint density at radius 1 is 1.48 bits per heavy atom. The number of aliphatic carboxylic acids is 1. The average Bonchev–Trinajstić information content (AvgIpc) is 2.51. The predicted molar refractivity (Wildman–Crippen MR) is 85.8 cm³/mol.